The number of amides is 1. The second kappa shape index (κ2) is 11.2. The molecule has 10 nitrogen and oxygen atoms in total. The van der Waals surface area contributed by atoms with E-state index in [1.165, 1.54) is 18.2 Å². The molecule has 11 heteroatoms. The molecule has 4 N–H and O–H groups in total. The maximum absolute atomic E-state index is 14.4. The molecule has 0 spiro atoms. The number of fused-ring (bicyclic) bond motifs is 2. The van der Waals surface area contributed by atoms with Gasteiger partial charge in [-0.15, -0.1) is 0 Å². The lowest BCUT2D eigenvalue weighted by Crippen LogP contribution is -2.43. The van der Waals surface area contributed by atoms with Crippen LogP contribution in [0.3, 0.4) is 0 Å². The number of halogens is 1. The fourth-order valence-corrected chi connectivity index (χ4v) is 4.75. The third kappa shape index (κ3) is 6.06. The molecule has 4 aromatic rings. The third-order valence-corrected chi connectivity index (χ3v) is 6.71. The summed E-state index contributed by atoms with van der Waals surface area (Å²) in [5.74, 6) is -2.78. The van der Waals surface area contributed by atoms with Crippen molar-refractivity contribution in [2.24, 2.45) is 5.73 Å². The number of ether oxygens (including phenoxy) is 2. The molecule has 3 aromatic carbocycles. The van der Waals surface area contributed by atoms with Crippen LogP contribution in [0.15, 0.2) is 60.7 Å². The lowest BCUT2D eigenvalue weighted by atomic mass is 9.97. The second-order valence-corrected chi connectivity index (χ2v) is 11.0. The normalized spacial score (nSPS) is 13.5. The molecule has 0 saturated heterocycles. The Balaban J connectivity index is 1.44. The molecular weight excluding hydrogens is 541 g/mol. The molecular formula is C31H30FN5O5. The van der Waals surface area contributed by atoms with Crippen molar-refractivity contribution in [3.63, 3.8) is 0 Å². The van der Waals surface area contributed by atoms with Gasteiger partial charge in [0.1, 0.15) is 23.7 Å². The highest BCUT2D eigenvalue weighted by atomic mass is 19.1. The van der Waals surface area contributed by atoms with E-state index in [-0.39, 0.29) is 24.2 Å². The van der Waals surface area contributed by atoms with Crippen LogP contribution in [-0.4, -0.2) is 44.4 Å². The first-order chi connectivity index (χ1) is 19.9. The van der Waals surface area contributed by atoms with Gasteiger partial charge in [-0.3, -0.25) is 4.79 Å². The Morgan fingerprint density at radius 1 is 0.976 bits per heavy atom. The van der Waals surface area contributed by atoms with E-state index in [2.05, 4.69) is 9.97 Å². The van der Waals surface area contributed by atoms with Crippen molar-refractivity contribution < 1.29 is 28.2 Å². The molecule has 42 heavy (non-hydrogen) atoms. The first-order valence-electron chi connectivity index (χ1n) is 13.3. The zero-order valence-corrected chi connectivity index (χ0v) is 23.4. The number of esters is 2. The molecule has 0 fully saturated rings. The number of carbonyl (C=O) groups excluding carboxylic acids is 3. The molecule has 1 aliphatic rings. The summed E-state index contributed by atoms with van der Waals surface area (Å²) in [5, 5.41) is 0.432. The van der Waals surface area contributed by atoms with Crippen LogP contribution in [0.1, 0.15) is 48.0 Å². The summed E-state index contributed by atoms with van der Waals surface area (Å²) in [6, 6.07) is 15.2. The van der Waals surface area contributed by atoms with Crippen molar-refractivity contribution in [3.8, 4) is 11.1 Å². The summed E-state index contributed by atoms with van der Waals surface area (Å²) in [4.78, 5) is 48.6. The highest BCUT2D eigenvalue weighted by molar-refractivity contribution is 6.06. The summed E-state index contributed by atoms with van der Waals surface area (Å²) in [6.45, 7) is 5.54. The molecule has 1 aliphatic heterocycles. The molecule has 5 rings (SSSR count). The second-order valence-electron chi connectivity index (χ2n) is 11.0. The van der Waals surface area contributed by atoms with Gasteiger partial charge in [0.2, 0.25) is 12.0 Å². The Kier molecular flexibility index (Phi) is 7.61. The van der Waals surface area contributed by atoms with E-state index in [4.69, 9.17) is 20.9 Å². The minimum Gasteiger partial charge on any atom is -0.459 e. The standard InChI is InChI=1S/C31H30FN5O5/c1-31(2,3)42-29(40)25(33)28(39)41-16-20-8-10-21(32)13-22(20)17-9-11-24-23(12-17)26(36-30(34)35-24)27(38)37-14-18-6-4-5-7-19(18)15-37/h4-13,25H,14-16,33H2,1-3H3,(H2,34,35,36). The number of nitrogen functional groups attached to an aromatic ring is 1. The van der Waals surface area contributed by atoms with Crippen molar-refractivity contribution in [1.82, 2.24) is 14.9 Å². The van der Waals surface area contributed by atoms with Crippen LogP contribution in [0.5, 0.6) is 0 Å². The summed E-state index contributed by atoms with van der Waals surface area (Å²) in [6.07, 6.45) is 0. The van der Waals surface area contributed by atoms with Crippen molar-refractivity contribution in [2.75, 3.05) is 5.73 Å². The maximum atomic E-state index is 14.4. The van der Waals surface area contributed by atoms with E-state index in [9.17, 15) is 18.8 Å². The molecule has 216 valence electrons. The molecule has 1 aromatic heterocycles. The highest BCUT2D eigenvalue weighted by Crippen LogP contribution is 2.31. The van der Waals surface area contributed by atoms with Gasteiger partial charge in [0.05, 0.1) is 5.52 Å². The van der Waals surface area contributed by atoms with E-state index in [0.717, 1.165) is 11.1 Å². The zero-order valence-electron chi connectivity index (χ0n) is 23.4. The van der Waals surface area contributed by atoms with Crippen molar-refractivity contribution in [2.45, 2.75) is 52.1 Å². The third-order valence-electron chi connectivity index (χ3n) is 6.71. The Morgan fingerprint density at radius 2 is 1.67 bits per heavy atom. The maximum Gasteiger partial charge on any atom is 0.335 e. The quantitative estimate of drug-likeness (QED) is 0.259. The van der Waals surface area contributed by atoms with Crippen LogP contribution in [-0.2, 0) is 38.8 Å². The van der Waals surface area contributed by atoms with E-state index in [1.54, 1.807) is 43.9 Å². The predicted octanol–water partition coefficient (Wildman–Crippen LogP) is 3.89. The molecule has 1 atom stereocenters. The average Bonchev–Trinajstić information content (AvgIpc) is 3.38. The number of nitrogens with zero attached hydrogens (tertiary/aromatic N) is 3. The highest BCUT2D eigenvalue weighted by Gasteiger charge is 2.30. The summed E-state index contributed by atoms with van der Waals surface area (Å²) in [5.41, 5.74) is 14.9. The summed E-state index contributed by atoms with van der Waals surface area (Å²) in [7, 11) is 0. The van der Waals surface area contributed by atoms with Crippen LogP contribution < -0.4 is 11.5 Å². The number of nitrogens with two attached hydrogens (primary N) is 2. The number of carbonyl (C=O) groups is 3. The molecule has 0 radical (unpaired) electrons. The Hall–Kier alpha value is -4.90. The first-order valence-corrected chi connectivity index (χ1v) is 13.3. The molecule has 0 saturated carbocycles. The smallest absolute Gasteiger partial charge is 0.335 e. The number of aromatic nitrogens is 2. The van der Waals surface area contributed by atoms with Crippen LogP contribution >= 0.6 is 0 Å². The summed E-state index contributed by atoms with van der Waals surface area (Å²) >= 11 is 0. The number of hydrogen-bond donors (Lipinski definition) is 2. The van der Waals surface area contributed by atoms with E-state index >= 15 is 0 Å². The van der Waals surface area contributed by atoms with Gasteiger partial charge >= 0.3 is 11.9 Å². The Bertz CT molecular complexity index is 1690. The van der Waals surface area contributed by atoms with E-state index in [1.807, 2.05) is 24.3 Å². The average molecular weight is 572 g/mol. The Morgan fingerprint density at radius 3 is 2.33 bits per heavy atom. The van der Waals surface area contributed by atoms with Gasteiger partial charge in [0.25, 0.3) is 5.91 Å². The van der Waals surface area contributed by atoms with Gasteiger partial charge in [-0.25, -0.2) is 23.9 Å². The SMILES string of the molecule is CC(C)(C)OC(=O)C(N)C(=O)OCc1ccc(F)cc1-c1ccc2nc(N)nc(C(=O)N3Cc4ccccc4C3)c2c1. The molecule has 0 aliphatic carbocycles. The van der Waals surface area contributed by atoms with Gasteiger partial charge in [0.15, 0.2) is 0 Å². The summed E-state index contributed by atoms with van der Waals surface area (Å²) < 4.78 is 24.9. The number of rotatable bonds is 6. The van der Waals surface area contributed by atoms with Gasteiger partial charge in [-0.1, -0.05) is 36.4 Å². The van der Waals surface area contributed by atoms with Gasteiger partial charge < -0.3 is 25.8 Å². The zero-order chi connectivity index (χ0) is 30.2. The van der Waals surface area contributed by atoms with Crippen LogP contribution in [0.2, 0.25) is 0 Å². The lowest BCUT2D eigenvalue weighted by Gasteiger charge is -2.21. The van der Waals surface area contributed by atoms with Gasteiger partial charge in [0, 0.05) is 18.5 Å². The molecule has 1 unspecified atom stereocenters. The van der Waals surface area contributed by atoms with Crippen molar-refractivity contribution in [1.29, 1.82) is 0 Å². The Labute approximate surface area is 241 Å². The van der Waals surface area contributed by atoms with Crippen LogP contribution in [0, 0.1) is 5.82 Å². The molecule has 2 heterocycles. The molecule has 0 bridgehead atoms. The van der Waals surface area contributed by atoms with Crippen LogP contribution in [0.25, 0.3) is 22.0 Å². The van der Waals surface area contributed by atoms with E-state index in [0.29, 0.717) is 40.7 Å². The van der Waals surface area contributed by atoms with E-state index < -0.39 is 29.4 Å². The monoisotopic (exact) mass is 571 g/mol. The molecule has 1 amide bonds. The number of anilines is 1. The van der Waals surface area contributed by atoms with Gasteiger partial charge in [-0.2, -0.15) is 0 Å². The minimum atomic E-state index is -1.64. The lowest BCUT2D eigenvalue weighted by molar-refractivity contribution is -0.164. The van der Waals surface area contributed by atoms with Crippen molar-refractivity contribution >= 4 is 34.7 Å². The topological polar surface area (TPSA) is 151 Å². The fraction of sp³-hybridized carbons (Fsp3) is 0.258. The van der Waals surface area contributed by atoms with Crippen LogP contribution in [0.4, 0.5) is 10.3 Å². The first kappa shape index (κ1) is 28.6. The fourth-order valence-electron chi connectivity index (χ4n) is 4.75. The predicted molar refractivity (Wildman–Crippen MR) is 153 cm³/mol. The number of hydrogen-bond acceptors (Lipinski definition) is 9. The van der Waals surface area contributed by atoms with Crippen molar-refractivity contribution in [3.05, 3.63) is 88.9 Å². The minimum absolute atomic E-state index is 0.0463. The largest absolute Gasteiger partial charge is 0.459 e. The van der Waals surface area contributed by atoms with Gasteiger partial charge in [-0.05, 0) is 72.9 Å². The number of benzene rings is 3.